The predicted molar refractivity (Wildman–Crippen MR) is 99.3 cm³/mol. The molecule has 28 heavy (non-hydrogen) atoms. The van der Waals surface area contributed by atoms with Gasteiger partial charge in [0.1, 0.15) is 5.75 Å². The number of ether oxygens (including phenoxy) is 1. The second kappa shape index (κ2) is 6.84. The molecule has 1 aliphatic rings. The van der Waals surface area contributed by atoms with Crippen molar-refractivity contribution in [2.75, 3.05) is 5.32 Å². The van der Waals surface area contributed by atoms with Crippen molar-refractivity contribution in [2.24, 2.45) is 0 Å². The fourth-order valence-electron chi connectivity index (χ4n) is 3.02. The highest BCUT2D eigenvalue weighted by Gasteiger charge is 2.32. The number of nitrogens with zero attached hydrogens (tertiary/aromatic N) is 1. The number of aromatic nitrogens is 1. The number of pyridine rings is 1. The fraction of sp³-hybridized carbons (Fsp3) is 0.0476. The molecule has 2 aromatic carbocycles. The number of hydrogen-bond acceptors (Lipinski definition) is 3. The Labute approximate surface area is 158 Å². The van der Waals surface area contributed by atoms with Gasteiger partial charge in [-0.3, -0.25) is 9.78 Å². The van der Waals surface area contributed by atoms with Crippen molar-refractivity contribution >= 4 is 23.2 Å². The second-order valence-electron chi connectivity index (χ2n) is 6.10. The Morgan fingerprint density at radius 1 is 1.00 bits per heavy atom. The Hall–Kier alpha value is -3.61. The lowest BCUT2D eigenvalue weighted by atomic mass is 10.00. The predicted octanol–water partition coefficient (Wildman–Crippen LogP) is 5.14. The van der Waals surface area contributed by atoms with Crippen molar-refractivity contribution in [2.45, 2.75) is 6.36 Å². The highest BCUT2D eigenvalue weighted by Crippen LogP contribution is 2.37. The molecule has 0 aliphatic carbocycles. The van der Waals surface area contributed by atoms with E-state index in [2.05, 4.69) is 15.0 Å². The summed E-state index contributed by atoms with van der Waals surface area (Å²) in [6.45, 7) is 0. The van der Waals surface area contributed by atoms with Gasteiger partial charge in [-0.2, -0.15) is 0 Å². The Morgan fingerprint density at radius 3 is 2.57 bits per heavy atom. The third-order valence-corrected chi connectivity index (χ3v) is 4.24. The van der Waals surface area contributed by atoms with E-state index >= 15 is 0 Å². The van der Waals surface area contributed by atoms with Crippen molar-refractivity contribution in [3.63, 3.8) is 0 Å². The van der Waals surface area contributed by atoms with Crippen molar-refractivity contribution in [3.8, 4) is 16.9 Å². The average Bonchev–Trinajstić information content (AvgIpc) is 2.97. The SMILES string of the molecule is O=C1Nc2cc(-c3cccnc3)ccc2/C1=C\c1ccccc1OC(F)(F)F. The van der Waals surface area contributed by atoms with Gasteiger partial charge in [-0.1, -0.05) is 36.4 Å². The van der Waals surface area contributed by atoms with Crippen LogP contribution >= 0.6 is 0 Å². The molecule has 1 aromatic heterocycles. The summed E-state index contributed by atoms with van der Waals surface area (Å²) in [6, 6.07) is 14.8. The molecule has 0 radical (unpaired) electrons. The molecule has 4 nitrogen and oxygen atoms in total. The van der Waals surface area contributed by atoms with E-state index in [1.165, 1.54) is 24.3 Å². The summed E-state index contributed by atoms with van der Waals surface area (Å²) in [5.41, 5.74) is 3.39. The molecule has 140 valence electrons. The van der Waals surface area contributed by atoms with Crippen LogP contribution < -0.4 is 10.1 Å². The molecule has 0 atom stereocenters. The summed E-state index contributed by atoms with van der Waals surface area (Å²) in [5.74, 6) is -0.754. The third kappa shape index (κ3) is 3.59. The molecule has 7 heteroatoms. The van der Waals surface area contributed by atoms with Crippen LogP contribution in [0.25, 0.3) is 22.8 Å². The van der Waals surface area contributed by atoms with E-state index in [0.717, 1.165) is 11.1 Å². The Morgan fingerprint density at radius 2 is 1.82 bits per heavy atom. The molecular formula is C21H13F3N2O2. The van der Waals surface area contributed by atoms with Gasteiger partial charge < -0.3 is 10.1 Å². The zero-order valence-electron chi connectivity index (χ0n) is 14.3. The van der Waals surface area contributed by atoms with Crippen LogP contribution in [-0.2, 0) is 4.79 Å². The van der Waals surface area contributed by atoms with Gasteiger partial charge in [0, 0.05) is 40.3 Å². The minimum atomic E-state index is -4.82. The summed E-state index contributed by atoms with van der Waals surface area (Å²) in [4.78, 5) is 16.5. The minimum Gasteiger partial charge on any atom is -0.405 e. The first-order chi connectivity index (χ1) is 13.4. The van der Waals surface area contributed by atoms with Gasteiger partial charge in [-0.25, -0.2) is 0 Å². The number of carbonyl (C=O) groups is 1. The van der Waals surface area contributed by atoms with Crippen molar-refractivity contribution in [1.82, 2.24) is 4.98 Å². The third-order valence-electron chi connectivity index (χ3n) is 4.24. The maximum Gasteiger partial charge on any atom is 0.573 e. The highest BCUT2D eigenvalue weighted by atomic mass is 19.4. The van der Waals surface area contributed by atoms with Gasteiger partial charge in [0.15, 0.2) is 0 Å². The Bertz CT molecular complexity index is 1080. The molecular weight excluding hydrogens is 369 g/mol. The summed E-state index contributed by atoms with van der Waals surface area (Å²) < 4.78 is 41.9. The first kappa shape index (κ1) is 17.8. The maximum atomic E-state index is 12.6. The normalized spacial score (nSPS) is 14.7. The smallest absolute Gasteiger partial charge is 0.405 e. The van der Waals surface area contributed by atoms with Crippen LogP contribution in [0, 0.1) is 0 Å². The molecule has 0 bridgehead atoms. The van der Waals surface area contributed by atoms with Crippen molar-refractivity contribution in [1.29, 1.82) is 0 Å². The van der Waals surface area contributed by atoms with Crippen LogP contribution in [0.15, 0.2) is 67.0 Å². The number of hydrogen-bond donors (Lipinski definition) is 1. The number of alkyl halides is 3. The Balaban J connectivity index is 1.73. The number of carbonyl (C=O) groups excluding carboxylic acids is 1. The van der Waals surface area contributed by atoms with Crippen molar-refractivity contribution < 1.29 is 22.7 Å². The van der Waals surface area contributed by atoms with Crippen LogP contribution in [0.5, 0.6) is 5.75 Å². The van der Waals surface area contributed by atoms with E-state index in [4.69, 9.17) is 0 Å². The first-order valence-corrected chi connectivity index (χ1v) is 8.33. The summed E-state index contributed by atoms with van der Waals surface area (Å²) >= 11 is 0. The number of fused-ring (bicyclic) bond motifs is 1. The topological polar surface area (TPSA) is 51.2 Å². The Kier molecular flexibility index (Phi) is 4.35. The van der Waals surface area contributed by atoms with Gasteiger partial charge in [-0.15, -0.1) is 13.2 Å². The minimum absolute atomic E-state index is 0.161. The molecule has 1 N–H and O–H groups in total. The number of halogens is 3. The van der Waals surface area contributed by atoms with E-state index in [1.54, 1.807) is 24.5 Å². The average molecular weight is 382 g/mol. The molecule has 0 saturated carbocycles. The maximum absolute atomic E-state index is 12.6. The second-order valence-corrected chi connectivity index (χ2v) is 6.10. The largest absolute Gasteiger partial charge is 0.573 e. The molecule has 0 saturated heterocycles. The van der Waals surface area contributed by atoms with E-state index in [1.807, 2.05) is 24.3 Å². The lowest BCUT2D eigenvalue weighted by molar-refractivity contribution is -0.274. The number of para-hydroxylation sites is 1. The zero-order chi connectivity index (χ0) is 19.7. The number of amides is 1. The van der Waals surface area contributed by atoms with E-state index < -0.39 is 6.36 Å². The molecule has 1 aliphatic heterocycles. The number of benzene rings is 2. The molecule has 0 fully saturated rings. The van der Waals surface area contributed by atoms with Crippen LogP contribution in [0.1, 0.15) is 11.1 Å². The molecule has 0 unspecified atom stereocenters. The van der Waals surface area contributed by atoms with Gasteiger partial charge in [0.05, 0.1) is 0 Å². The summed E-state index contributed by atoms with van der Waals surface area (Å²) in [5, 5.41) is 2.75. The zero-order valence-corrected chi connectivity index (χ0v) is 14.3. The lowest BCUT2D eigenvalue weighted by Gasteiger charge is -2.11. The fourth-order valence-corrected chi connectivity index (χ4v) is 3.02. The van der Waals surface area contributed by atoms with E-state index in [0.29, 0.717) is 11.3 Å². The van der Waals surface area contributed by atoms with Gasteiger partial charge in [-0.05, 0) is 29.8 Å². The molecule has 1 amide bonds. The molecule has 0 spiro atoms. The molecule has 4 rings (SSSR count). The first-order valence-electron chi connectivity index (χ1n) is 8.33. The molecule has 3 aromatic rings. The van der Waals surface area contributed by atoms with Gasteiger partial charge >= 0.3 is 6.36 Å². The lowest BCUT2D eigenvalue weighted by Crippen LogP contribution is -2.17. The molecule has 2 heterocycles. The standard InChI is InChI=1S/C21H13F3N2O2/c22-21(23,24)28-19-6-2-1-4-14(19)10-17-16-8-7-13(11-18(16)26-20(17)27)15-5-3-9-25-12-15/h1-12H,(H,26,27)/b17-10+. The van der Waals surface area contributed by atoms with Crippen LogP contribution in [0.4, 0.5) is 18.9 Å². The van der Waals surface area contributed by atoms with E-state index in [-0.39, 0.29) is 22.8 Å². The van der Waals surface area contributed by atoms with Crippen LogP contribution in [0.3, 0.4) is 0 Å². The van der Waals surface area contributed by atoms with Gasteiger partial charge in [0.25, 0.3) is 5.91 Å². The quantitative estimate of drug-likeness (QED) is 0.638. The summed E-state index contributed by atoms with van der Waals surface area (Å²) in [7, 11) is 0. The summed E-state index contributed by atoms with van der Waals surface area (Å²) in [6.07, 6.45) is -0.0466. The van der Waals surface area contributed by atoms with E-state index in [9.17, 15) is 18.0 Å². The van der Waals surface area contributed by atoms with Crippen LogP contribution in [-0.4, -0.2) is 17.3 Å². The number of nitrogens with one attached hydrogen (secondary N) is 1. The van der Waals surface area contributed by atoms with Crippen LogP contribution in [0.2, 0.25) is 0 Å². The number of rotatable bonds is 3. The van der Waals surface area contributed by atoms with Gasteiger partial charge in [0.2, 0.25) is 0 Å². The number of anilines is 1. The highest BCUT2D eigenvalue weighted by molar-refractivity contribution is 6.35. The monoisotopic (exact) mass is 382 g/mol. The van der Waals surface area contributed by atoms with Crippen molar-refractivity contribution in [3.05, 3.63) is 78.1 Å².